The van der Waals surface area contributed by atoms with E-state index in [2.05, 4.69) is 0 Å². The molecule has 4 nitrogen and oxygen atoms in total. The molecule has 0 spiro atoms. The Morgan fingerprint density at radius 3 is 1.55 bits per heavy atom. The smallest absolute Gasteiger partial charge is 0.338 e. The van der Waals surface area contributed by atoms with Gasteiger partial charge in [-0.2, -0.15) is 0 Å². The highest BCUT2D eigenvalue weighted by atomic mass is 16.5. The summed E-state index contributed by atoms with van der Waals surface area (Å²) in [4.78, 5) is 23.7. The third-order valence-electron chi connectivity index (χ3n) is 3.19. The van der Waals surface area contributed by atoms with Gasteiger partial charge in [-0.1, -0.05) is 26.0 Å². The van der Waals surface area contributed by atoms with Gasteiger partial charge in [0.15, 0.2) is 0 Å². The molecule has 2 aromatic carbocycles. The fraction of sp³-hybridized carbons (Fsp3) is 0.333. The van der Waals surface area contributed by atoms with Crippen LogP contribution in [0.4, 0.5) is 0 Å². The highest BCUT2D eigenvalue weighted by Gasteiger charge is 2.10. The summed E-state index contributed by atoms with van der Waals surface area (Å²) in [6.45, 7) is 4.73. The SMILES string of the molecule is CCCOC(=O)c1ccc2cc(C(=O)OCCC)ccc2c1. The minimum absolute atomic E-state index is 0.324. The second-order valence-corrected chi connectivity index (χ2v) is 5.05. The Morgan fingerprint density at radius 1 is 0.773 bits per heavy atom. The average Bonchev–Trinajstić information content (AvgIpc) is 2.56. The Labute approximate surface area is 130 Å². The maximum Gasteiger partial charge on any atom is 0.338 e. The van der Waals surface area contributed by atoms with Gasteiger partial charge in [0.2, 0.25) is 0 Å². The molecule has 0 aliphatic rings. The van der Waals surface area contributed by atoms with Crippen molar-refractivity contribution in [2.45, 2.75) is 26.7 Å². The molecule has 0 unspecified atom stereocenters. The van der Waals surface area contributed by atoms with Crippen LogP contribution in [0.15, 0.2) is 36.4 Å². The predicted molar refractivity (Wildman–Crippen MR) is 85.1 cm³/mol. The van der Waals surface area contributed by atoms with Crippen molar-refractivity contribution in [1.82, 2.24) is 0 Å². The lowest BCUT2D eigenvalue weighted by molar-refractivity contribution is 0.0496. The molecule has 116 valence electrons. The van der Waals surface area contributed by atoms with Crippen LogP contribution in [-0.4, -0.2) is 25.2 Å². The van der Waals surface area contributed by atoms with E-state index < -0.39 is 0 Å². The standard InChI is InChI=1S/C18H20O4/c1-3-9-21-17(19)15-7-5-14-12-16(8-6-13(14)11-15)18(20)22-10-4-2/h5-8,11-12H,3-4,9-10H2,1-2H3. The molecule has 0 radical (unpaired) electrons. The first kappa shape index (κ1) is 16.0. The Balaban J connectivity index is 2.21. The third-order valence-corrected chi connectivity index (χ3v) is 3.19. The first-order chi connectivity index (χ1) is 10.7. The van der Waals surface area contributed by atoms with E-state index in [4.69, 9.17) is 9.47 Å². The number of esters is 2. The van der Waals surface area contributed by atoms with Crippen LogP contribution in [0.2, 0.25) is 0 Å². The Kier molecular flexibility index (Phi) is 5.53. The minimum Gasteiger partial charge on any atom is -0.462 e. The van der Waals surface area contributed by atoms with E-state index in [1.807, 2.05) is 26.0 Å². The largest absolute Gasteiger partial charge is 0.462 e. The van der Waals surface area contributed by atoms with Crippen molar-refractivity contribution < 1.29 is 19.1 Å². The lowest BCUT2D eigenvalue weighted by Gasteiger charge is -2.07. The summed E-state index contributed by atoms with van der Waals surface area (Å²) in [5, 5.41) is 1.77. The van der Waals surface area contributed by atoms with Crippen molar-refractivity contribution in [2.24, 2.45) is 0 Å². The molecule has 0 aliphatic carbocycles. The van der Waals surface area contributed by atoms with Gasteiger partial charge >= 0.3 is 11.9 Å². The molecule has 2 aromatic rings. The van der Waals surface area contributed by atoms with Crippen LogP contribution in [0.5, 0.6) is 0 Å². The summed E-state index contributed by atoms with van der Waals surface area (Å²) in [6, 6.07) is 10.6. The Hall–Kier alpha value is -2.36. The normalized spacial score (nSPS) is 10.5. The van der Waals surface area contributed by atoms with E-state index in [1.165, 1.54) is 0 Å². The highest BCUT2D eigenvalue weighted by Crippen LogP contribution is 2.19. The van der Waals surface area contributed by atoms with Crippen LogP contribution in [0.3, 0.4) is 0 Å². The molecule has 0 aliphatic heterocycles. The van der Waals surface area contributed by atoms with E-state index in [9.17, 15) is 9.59 Å². The Morgan fingerprint density at radius 2 is 1.18 bits per heavy atom. The van der Waals surface area contributed by atoms with Crippen molar-refractivity contribution in [3.8, 4) is 0 Å². The number of carbonyl (C=O) groups is 2. The lowest BCUT2D eigenvalue weighted by Crippen LogP contribution is -2.06. The molecule has 0 fully saturated rings. The van der Waals surface area contributed by atoms with E-state index in [1.54, 1.807) is 24.3 Å². The molecule has 0 bridgehead atoms. The first-order valence-electron chi connectivity index (χ1n) is 7.53. The molecule has 0 heterocycles. The van der Waals surface area contributed by atoms with Crippen LogP contribution >= 0.6 is 0 Å². The van der Waals surface area contributed by atoms with Crippen molar-refractivity contribution in [3.05, 3.63) is 47.5 Å². The monoisotopic (exact) mass is 300 g/mol. The van der Waals surface area contributed by atoms with Crippen LogP contribution in [0.1, 0.15) is 47.4 Å². The number of rotatable bonds is 6. The van der Waals surface area contributed by atoms with Gasteiger partial charge in [-0.15, -0.1) is 0 Å². The van der Waals surface area contributed by atoms with E-state index in [0.29, 0.717) is 24.3 Å². The van der Waals surface area contributed by atoms with Crippen molar-refractivity contribution in [2.75, 3.05) is 13.2 Å². The van der Waals surface area contributed by atoms with Gasteiger partial charge in [0.05, 0.1) is 24.3 Å². The predicted octanol–water partition coefficient (Wildman–Crippen LogP) is 3.97. The maximum absolute atomic E-state index is 11.8. The van der Waals surface area contributed by atoms with Gasteiger partial charge in [0, 0.05) is 0 Å². The van der Waals surface area contributed by atoms with Gasteiger partial charge in [-0.3, -0.25) is 0 Å². The van der Waals surface area contributed by atoms with Crippen LogP contribution in [-0.2, 0) is 9.47 Å². The zero-order valence-corrected chi connectivity index (χ0v) is 12.9. The molecule has 4 heteroatoms. The molecule has 0 saturated carbocycles. The van der Waals surface area contributed by atoms with Crippen molar-refractivity contribution in [1.29, 1.82) is 0 Å². The second kappa shape index (κ2) is 7.59. The molecule has 0 saturated heterocycles. The molecule has 0 amide bonds. The van der Waals surface area contributed by atoms with Gasteiger partial charge in [-0.25, -0.2) is 9.59 Å². The van der Waals surface area contributed by atoms with Gasteiger partial charge in [0.25, 0.3) is 0 Å². The summed E-state index contributed by atoms with van der Waals surface area (Å²) in [5.74, 6) is -0.648. The fourth-order valence-corrected chi connectivity index (χ4v) is 2.06. The minimum atomic E-state index is -0.324. The highest BCUT2D eigenvalue weighted by molar-refractivity contribution is 5.98. The second-order valence-electron chi connectivity index (χ2n) is 5.05. The number of fused-ring (bicyclic) bond motifs is 1. The van der Waals surface area contributed by atoms with Gasteiger partial charge < -0.3 is 9.47 Å². The molecular formula is C18H20O4. The molecule has 0 N–H and O–H groups in total. The van der Waals surface area contributed by atoms with Gasteiger partial charge in [0.1, 0.15) is 0 Å². The van der Waals surface area contributed by atoms with Crippen LogP contribution in [0.25, 0.3) is 10.8 Å². The Bertz CT molecular complexity index is 617. The topological polar surface area (TPSA) is 52.6 Å². The van der Waals surface area contributed by atoms with E-state index in [-0.39, 0.29) is 11.9 Å². The maximum atomic E-state index is 11.8. The average molecular weight is 300 g/mol. The third kappa shape index (κ3) is 3.85. The lowest BCUT2D eigenvalue weighted by atomic mass is 10.0. The molecular weight excluding hydrogens is 280 g/mol. The van der Waals surface area contributed by atoms with Crippen molar-refractivity contribution >= 4 is 22.7 Å². The summed E-state index contributed by atoms with van der Waals surface area (Å²) in [6.07, 6.45) is 1.59. The van der Waals surface area contributed by atoms with E-state index >= 15 is 0 Å². The fourth-order valence-electron chi connectivity index (χ4n) is 2.06. The molecule has 2 rings (SSSR count). The number of carbonyl (C=O) groups excluding carboxylic acids is 2. The summed E-state index contributed by atoms with van der Waals surface area (Å²) >= 11 is 0. The quantitative estimate of drug-likeness (QED) is 0.757. The summed E-state index contributed by atoms with van der Waals surface area (Å²) in [7, 11) is 0. The zero-order chi connectivity index (χ0) is 15.9. The van der Waals surface area contributed by atoms with Crippen LogP contribution in [0, 0.1) is 0 Å². The molecule has 0 aromatic heterocycles. The zero-order valence-electron chi connectivity index (χ0n) is 12.9. The molecule has 22 heavy (non-hydrogen) atoms. The first-order valence-corrected chi connectivity index (χ1v) is 7.53. The van der Waals surface area contributed by atoms with Crippen molar-refractivity contribution in [3.63, 3.8) is 0 Å². The summed E-state index contributed by atoms with van der Waals surface area (Å²) in [5.41, 5.74) is 1.03. The van der Waals surface area contributed by atoms with Crippen LogP contribution < -0.4 is 0 Å². The number of benzene rings is 2. The van der Waals surface area contributed by atoms with E-state index in [0.717, 1.165) is 23.6 Å². The van der Waals surface area contributed by atoms with Gasteiger partial charge in [-0.05, 0) is 47.9 Å². The number of hydrogen-bond acceptors (Lipinski definition) is 4. The number of ether oxygens (including phenoxy) is 2. The summed E-state index contributed by atoms with van der Waals surface area (Å²) < 4.78 is 10.2. The molecule has 0 atom stereocenters. The number of hydrogen-bond donors (Lipinski definition) is 0.